The van der Waals surface area contributed by atoms with E-state index in [0.29, 0.717) is 27.2 Å². The SMILES string of the molecule is CC(=NNC(=O)COc1ccc(Cl)cc1Cl)c1ccc(NC(=O)c2ccco2)cc1. The summed E-state index contributed by atoms with van der Waals surface area (Å²) in [5, 5.41) is 7.57. The Balaban J connectivity index is 1.52. The number of halogens is 2. The Labute approximate surface area is 182 Å². The lowest BCUT2D eigenvalue weighted by Gasteiger charge is -2.08. The lowest BCUT2D eigenvalue weighted by molar-refractivity contribution is -0.123. The van der Waals surface area contributed by atoms with Crippen LogP contribution in [0.1, 0.15) is 23.0 Å². The molecule has 0 aliphatic carbocycles. The molecule has 0 spiro atoms. The number of hydrogen-bond donors (Lipinski definition) is 2. The Morgan fingerprint density at radius 3 is 2.53 bits per heavy atom. The summed E-state index contributed by atoms with van der Waals surface area (Å²) in [5.74, 6) is -0.209. The van der Waals surface area contributed by atoms with Gasteiger partial charge in [-0.25, -0.2) is 5.43 Å². The monoisotopic (exact) mass is 445 g/mol. The molecule has 0 fully saturated rings. The third-order valence-corrected chi connectivity index (χ3v) is 4.44. The number of nitrogens with one attached hydrogen (secondary N) is 2. The van der Waals surface area contributed by atoms with Crippen molar-refractivity contribution in [3.8, 4) is 5.75 Å². The van der Waals surface area contributed by atoms with Crippen LogP contribution in [0.4, 0.5) is 5.69 Å². The predicted octanol–water partition coefficient (Wildman–Crippen LogP) is 4.76. The molecule has 2 aromatic carbocycles. The zero-order valence-electron chi connectivity index (χ0n) is 15.8. The molecule has 0 unspecified atom stereocenters. The van der Waals surface area contributed by atoms with E-state index in [1.165, 1.54) is 12.3 Å². The molecule has 2 amide bonds. The van der Waals surface area contributed by atoms with Gasteiger partial charge in [-0.3, -0.25) is 9.59 Å². The number of carbonyl (C=O) groups excluding carboxylic acids is 2. The van der Waals surface area contributed by atoms with E-state index in [9.17, 15) is 9.59 Å². The summed E-state index contributed by atoms with van der Waals surface area (Å²) in [6, 6.07) is 14.9. The van der Waals surface area contributed by atoms with E-state index in [-0.39, 0.29) is 18.3 Å². The van der Waals surface area contributed by atoms with Crippen LogP contribution >= 0.6 is 23.2 Å². The van der Waals surface area contributed by atoms with Gasteiger partial charge in [0.2, 0.25) is 0 Å². The lowest BCUT2D eigenvalue weighted by atomic mass is 10.1. The molecule has 2 N–H and O–H groups in total. The summed E-state index contributed by atoms with van der Waals surface area (Å²) in [6.45, 7) is 1.49. The molecule has 3 aromatic rings. The van der Waals surface area contributed by atoms with E-state index < -0.39 is 5.91 Å². The molecular formula is C21H17Cl2N3O4. The highest BCUT2D eigenvalue weighted by atomic mass is 35.5. The number of ether oxygens (including phenoxy) is 1. The molecule has 1 heterocycles. The van der Waals surface area contributed by atoms with Crippen LogP contribution in [-0.2, 0) is 4.79 Å². The molecule has 0 aliphatic rings. The molecule has 0 saturated heterocycles. The molecule has 154 valence electrons. The van der Waals surface area contributed by atoms with Crippen molar-refractivity contribution in [1.82, 2.24) is 5.43 Å². The molecule has 0 atom stereocenters. The summed E-state index contributed by atoms with van der Waals surface area (Å²) in [7, 11) is 0. The fourth-order valence-corrected chi connectivity index (χ4v) is 2.84. The summed E-state index contributed by atoms with van der Waals surface area (Å²) < 4.78 is 10.4. The maximum Gasteiger partial charge on any atom is 0.291 e. The summed E-state index contributed by atoms with van der Waals surface area (Å²) in [6.07, 6.45) is 1.43. The number of carbonyl (C=O) groups is 2. The highest BCUT2D eigenvalue weighted by molar-refractivity contribution is 6.35. The van der Waals surface area contributed by atoms with Crippen LogP contribution in [0.3, 0.4) is 0 Å². The zero-order chi connectivity index (χ0) is 21.5. The second-order valence-corrected chi connectivity index (χ2v) is 6.95. The first-order valence-corrected chi connectivity index (χ1v) is 9.54. The van der Waals surface area contributed by atoms with Gasteiger partial charge in [0.25, 0.3) is 11.8 Å². The van der Waals surface area contributed by atoms with Crippen LogP contribution in [0.15, 0.2) is 70.4 Å². The highest BCUT2D eigenvalue weighted by Gasteiger charge is 2.09. The quantitative estimate of drug-likeness (QED) is 0.405. The summed E-state index contributed by atoms with van der Waals surface area (Å²) >= 11 is 11.8. The average molecular weight is 446 g/mol. The minimum Gasteiger partial charge on any atom is -0.482 e. The molecule has 9 heteroatoms. The van der Waals surface area contributed by atoms with Crippen molar-refractivity contribution in [3.63, 3.8) is 0 Å². The van der Waals surface area contributed by atoms with Gasteiger partial charge in [-0.1, -0.05) is 35.3 Å². The van der Waals surface area contributed by atoms with Crippen molar-refractivity contribution in [3.05, 3.63) is 82.2 Å². The second-order valence-electron chi connectivity index (χ2n) is 6.10. The van der Waals surface area contributed by atoms with Crippen LogP contribution in [-0.4, -0.2) is 24.1 Å². The topological polar surface area (TPSA) is 92.9 Å². The number of amides is 2. The maximum absolute atomic E-state index is 12.0. The first kappa shape index (κ1) is 21.4. The van der Waals surface area contributed by atoms with Gasteiger partial charge in [-0.05, 0) is 55.0 Å². The van der Waals surface area contributed by atoms with Crippen molar-refractivity contribution >= 4 is 46.4 Å². The van der Waals surface area contributed by atoms with E-state index in [1.54, 1.807) is 55.5 Å². The molecular weight excluding hydrogens is 429 g/mol. The number of furan rings is 1. The fourth-order valence-electron chi connectivity index (χ4n) is 2.37. The number of hydrogen-bond acceptors (Lipinski definition) is 5. The minimum absolute atomic E-state index is 0.224. The number of benzene rings is 2. The normalized spacial score (nSPS) is 11.1. The summed E-state index contributed by atoms with van der Waals surface area (Å²) in [5.41, 5.74) is 4.37. The Hall–Kier alpha value is -3.29. The molecule has 0 saturated carbocycles. The third kappa shape index (κ3) is 5.85. The smallest absolute Gasteiger partial charge is 0.291 e. The van der Waals surface area contributed by atoms with Crippen LogP contribution in [0.2, 0.25) is 10.0 Å². The highest BCUT2D eigenvalue weighted by Crippen LogP contribution is 2.27. The Kier molecular flexibility index (Phi) is 7.11. The largest absolute Gasteiger partial charge is 0.482 e. The van der Waals surface area contributed by atoms with Crippen molar-refractivity contribution < 1.29 is 18.7 Å². The second kappa shape index (κ2) is 9.96. The Bertz CT molecular complexity index is 1060. The molecule has 0 aliphatic heterocycles. The van der Waals surface area contributed by atoms with Gasteiger partial charge in [0.1, 0.15) is 5.75 Å². The molecule has 30 heavy (non-hydrogen) atoms. The molecule has 0 bridgehead atoms. The van der Waals surface area contributed by atoms with Crippen molar-refractivity contribution in [2.45, 2.75) is 6.92 Å². The van der Waals surface area contributed by atoms with Crippen molar-refractivity contribution in [2.75, 3.05) is 11.9 Å². The van der Waals surface area contributed by atoms with Gasteiger partial charge in [0, 0.05) is 10.7 Å². The number of nitrogens with zero attached hydrogens (tertiary/aromatic N) is 1. The zero-order valence-corrected chi connectivity index (χ0v) is 17.3. The molecule has 0 radical (unpaired) electrons. The van der Waals surface area contributed by atoms with E-state index in [4.69, 9.17) is 32.4 Å². The van der Waals surface area contributed by atoms with E-state index >= 15 is 0 Å². The molecule has 3 rings (SSSR count). The average Bonchev–Trinajstić information content (AvgIpc) is 3.27. The van der Waals surface area contributed by atoms with Gasteiger partial charge in [-0.2, -0.15) is 5.10 Å². The summed E-state index contributed by atoms with van der Waals surface area (Å²) in [4.78, 5) is 23.9. The van der Waals surface area contributed by atoms with Crippen LogP contribution in [0, 0.1) is 0 Å². The van der Waals surface area contributed by atoms with Crippen LogP contribution in [0.25, 0.3) is 0 Å². The fraction of sp³-hybridized carbons (Fsp3) is 0.0952. The van der Waals surface area contributed by atoms with E-state index in [1.807, 2.05) is 0 Å². The molecule has 1 aromatic heterocycles. The van der Waals surface area contributed by atoms with Crippen molar-refractivity contribution in [1.29, 1.82) is 0 Å². The van der Waals surface area contributed by atoms with Gasteiger partial charge >= 0.3 is 0 Å². The molecule has 7 nitrogen and oxygen atoms in total. The maximum atomic E-state index is 12.0. The Morgan fingerprint density at radius 2 is 1.87 bits per heavy atom. The van der Waals surface area contributed by atoms with Gasteiger partial charge in [-0.15, -0.1) is 0 Å². The third-order valence-electron chi connectivity index (χ3n) is 3.91. The number of anilines is 1. The number of rotatable bonds is 7. The first-order valence-electron chi connectivity index (χ1n) is 8.78. The van der Waals surface area contributed by atoms with Crippen molar-refractivity contribution in [2.24, 2.45) is 5.10 Å². The van der Waals surface area contributed by atoms with Crippen LogP contribution < -0.4 is 15.5 Å². The Morgan fingerprint density at radius 1 is 1.10 bits per heavy atom. The predicted molar refractivity (Wildman–Crippen MR) is 115 cm³/mol. The van der Waals surface area contributed by atoms with Gasteiger partial charge in [0.15, 0.2) is 12.4 Å². The van der Waals surface area contributed by atoms with Crippen LogP contribution in [0.5, 0.6) is 5.75 Å². The lowest BCUT2D eigenvalue weighted by Crippen LogP contribution is -2.25. The standard InChI is InChI=1S/C21H17Cl2N3O4/c1-13(25-26-20(27)12-30-18-9-6-15(22)11-17(18)23)14-4-7-16(8-5-14)24-21(28)19-3-2-10-29-19/h2-11H,12H2,1H3,(H,24,28)(H,26,27). The van der Waals surface area contributed by atoms with Gasteiger partial charge < -0.3 is 14.5 Å². The minimum atomic E-state index is -0.442. The van der Waals surface area contributed by atoms with Gasteiger partial charge in [0.05, 0.1) is 17.0 Å². The first-order chi connectivity index (χ1) is 14.4. The number of hydrazone groups is 1. The van der Waals surface area contributed by atoms with E-state index in [2.05, 4.69) is 15.8 Å². The van der Waals surface area contributed by atoms with E-state index in [0.717, 1.165) is 5.56 Å².